The molecule has 1 unspecified atom stereocenters. The van der Waals surface area contributed by atoms with E-state index in [1.54, 1.807) is 7.11 Å². The lowest BCUT2D eigenvalue weighted by molar-refractivity contribution is -0.0721. The number of rotatable bonds is 7. The Kier molecular flexibility index (Phi) is 11.1. The number of halogens is 1. The molecule has 2 aliphatic heterocycles. The molecule has 1 aromatic carbocycles. The number of nitrogens with one attached hydrogen (secondary N) is 1. The highest BCUT2D eigenvalue weighted by Gasteiger charge is 2.23. The Morgan fingerprint density at radius 1 is 1.17 bits per heavy atom. The highest BCUT2D eigenvalue weighted by molar-refractivity contribution is 14.0. The van der Waals surface area contributed by atoms with Crippen LogP contribution in [0, 0.1) is 0 Å². The molecule has 6 nitrogen and oxygen atoms in total. The van der Waals surface area contributed by atoms with Gasteiger partial charge in [0, 0.05) is 33.3 Å². The van der Waals surface area contributed by atoms with Gasteiger partial charge in [0.2, 0.25) is 0 Å². The fourth-order valence-corrected chi connectivity index (χ4v) is 3.86. The van der Waals surface area contributed by atoms with Crippen molar-refractivity contribution in [2.24, 2.45) is 4.99 Å². The van der Waals surface area contributed by atoms with Crippen LogP contribution in [0.5, 0.6) is 5.75 Å². The van der Waals surface area contributed by atoms with Crippen LogP contribution in [0.3, 0.4) is 0 Å². The first-order chi connectivity index (χ1) is 13.8. The van der Waals surface area contributed by atoms with Crippen LogP contribution in [0.15, 0.2) is 29.3 Å². The van der Waals surface area contributed by atoms with Crippen molar-refractivity contribution in [3.63, 3.8) is 0 Å². The molecule has 0 amide bonds. The van der Waals surface area contributed by atoms with E-state index in [0.29, 0.717) is 12.2 Å². The first-order valence-electron chi connectivity index (χ1n) is 10.6. The molecular formula is C22H36IN3O3. The number of hydrogen-bond acceptors (Lipinski definition) is 4. The van der Waals surface area contributed by atoms with Crippen LogP contribution in [0.25, 0.3) is 0 Å². The van der Waals surface area contributed by atoms with Gasteiger partial charge in [-0.2, -0.15) is 0 Å². The highest BCUT2D eigenvalue weighted by atomic mass is 127. The third kappa shape index (κ3) is 7.94. The van der Waals surface area contributed by atoms with Crippen LogP contribution in [0.4, 0.5) is 0 Å². The molecule has 0 spiro atoms. The number of hydrogen-bond donors (Lipinski definition) is 1. The van der Waals surface area contributed by atoms with Crippen molar-refractivity contribution >= 4 is 29.9 Å². The summed E-state index contributed by atoms with van der Waals surface area (Å²) in [4.78, 5) is 6.80. The van der Waals surface area contributed by atoms with Crippen molar-refractivity contribution in [3.05, 3.63) is 29.8 Å². The molecule has 7 heteroatoms. The van der Waals surface area contributed by atoms with Gasteiger partial charge in [-0.15, -0.1) is 24.0 Å². The van der Waals surface area contributed by atoms with Gasteiger partial charge in [-0.25, -0.2) is 0 Å². The first-order valence-corrected chi connectivity index (χ1v) is 10.6. The monoisotopic (exact) mass is 517 g/mol. The highest BCUT2D eigenvalue weighted by Crippen LogP contribution is 2.18. The van der Waals surface area contributed by atoms with Gasteiger partial charge in [0.15, 0.2) is 5.96 Å². The Balaban J connectivity index is 0.00000300. The Bertz CT molecular complexity index is 598. The smallest absolute Gasteiger partial charge is 0.193 e. The average molecular weight is 517 g/mol. The average Bonchev–Trinajstić information content (AvgIpc) is 2.77. The van der Waals surface area contributed by atoms with Crippen LogP contribution >= 0.6 is 24.0 Å². The minimum Gasteiger partial charge on any atom is -0.497 e. The standard InChI is InChI=1S/C22H35N3O3.HI/c1-23-22(24-13-10-18-6-8-19(26-2)9-7-18)25-14-11-20(12-15-25)28-17-21-5-3-4-16-27-21;/h6-9,20-21H,3-5,10-17H2,1-2H3,(H,23,24);1H. The third-order valence-electron chi connectivity index (χ3n) is 5.60. The maximum atomic E-state index is 6.12. The van der Waals surface area contributed by atoms with Gasteiger partial charge >= 0.3 is 0 Å². The number of guanidine groups is 1. The maximum Gasteiger partial charge on any atom is 0.193 e. The molecule has 2 saturated heterocycles. The molecule has 1 N–H and O–H groups in total. The van der Waals surface area contributed by atoms with E-state index in [2.05, 4.69) is 27.3 Å². The zero-order chi connectivity index (χ0) is 19.6. The molecule has 3 rings (SSSR count). The summed E-state index contributed by atoms with van der Waals surface area (Å²) in [5, 5.41) is 3.50. The summed E-state index contributed by atoms with van der Waals surface area (Å²) in [7, 11) is 3.55. The summed E-state index contributed by atoms with van der Waals surface area (Å²) >= 11 is 0. The molecule has 0 aromatic heterocycles. The molecule has 164 valence electrons. The number of aliphatic imine (C=N–C) groups is 1. The number of likely N-dealkylation sites (tertiary alicyclic amines) is 1. The van der Waals surface area contributed by atoms with Crippen molar-refractivity contribution in [1.29, 1.82) is 0 Å². The van der Waals surface area contributed by atoms with Crippen molar-refractivity contribution in [1.82, 2.24) is 10.2 Å². The Labute approximate surface area is 192 Å². The lowest BCUT2D eigenvalue weighted by Gasteiger charge is -2.35. The van der Waals surface area contributed by atoms with E-state index in [0.717, 1.165) is 70.2 Å². The first kappa shape index (κ1) is 24.2. The molecule has 2 heterocycles. The molecule has 1 aromatic rings. The lowest BCUT2D eigenvalue weighted by Crippen LogP contribution is -2.47. The molecule has 2 aliphatic rings. The normalized spacial score (nSPS) is 20.8. The Morgan fingerprint density at radius 2 is 1.93 bits per heavy atom. The quantitative estimate of drug-likeness (QED) is 0.341. The molecular weight excluding hydrogens is 481 g/mol. The van der Waals surface area contributed by atoms with Crippen molar-refractivity contribution < 1.29 is 14.2 Å². The van der Waals surface area contributed by atoms with Gasteiger partial charge in [0.1, 0.15) is 5.75 Å². The van der Waals surface area contributed by atoms with E-state index in [9.17, 15) is 0 Å². The van der Waals surface area contributed by atoms with Gasteiger partial charge in [0.25, 0.3) is 0 Å². The van der Waals surface area contributed by atoms with Gasteiger partial charge < -0.3 is 24.4 Å². The molecule has 0 bridgehead atoms. The zero-order valence-electron chi connectivity index (χ0n) is 17.8. The molecule has 2 fully saturated rings. The SMILES string of the molecule is CN=C(NCCc1ccc(OC)cc1)N1CCC(OCC2CCCCO2)CC1.I. The Hall–Kier alpha value is -1.06. The van der Waals surface area contributed by atoms with E-state index in [1.165, 1.54) is 18.4 Å². The van der Waals surface area contributed by atoms with Gasteiger partial charge in [-0.3, -0.25) is 4.99 Å². The van der Waals surface area contributed by atoms with Crippen LogP contribution in [0.1, 0.15) is 37.7 Å². The second-order valence-electron chi connectivity index (χ2n) is 7.58. The number of piperidine rings is 1. The van der Waals surface area contributed by atoms with E-state index >= 15 is 0 Å². The molecule has 0 aliphatic carbocycles. The van der Waals surface area contributed by atoms with Crippen LogP contribution in [-0.2, 0) is 15.9 Å². The predicted molar refractivity (Wildman–Crippen MR) is 128 cm³/mol. The largest absolute Gasteiger partial charge is 0.497 e. The fourth-order valence-electron chi connectivity index (χ4n) is 3.86. The second-order valence-corrected chi connectivity index (χ2v) is 7.58. The fraction of sp³-hybridized carbons (Fsp3) is 0.682. The van der Waals surface area contributed by atoms with Crippen LogP contribution < -0.4 is 10.1 Å². The summed E-state index contributed by atoms with van der Waals surface area (Å²) in [6.45, 7) is 4.48. The van der Waals surface area contributed by atoms with Crippen molar-refractivity contribution in [2.75, 3.05) is 47.0 Å². The summed E-state index contributed by atoms with van der Waals surface area (Å²) in [6.07, 6.45) is 7.31. The Morgan fingerprint density at radius 3 is 2.55 bits per heavy atom. The summed E-state index contributed by atoms with van der Waals surface area (Å²) < 4.78 is 17.1. The second kappa shape index (κ2) is 13.3. The van der Waals surface area contributed by atoms with Gasteiger partial charge in [-0.1, -0.05) is 12.1 Å². The number of ether oxygens (including phenoxy) is 3. The molecule has 0 saturated carbocycles. The molecule has 29 heavy (non-hydrogen) atoms. The summed E-state index contributed by atoms with van der Waals surface area (Å²) in [5.74, 6) is 1.88. The number of nitrogens with zero attached hydrogens (tertiary/aromatic N) is 2. The number of methoxy groups -OCH3 is 1. The predicted octanol–water partition coefficient (Wildman–Crippen LogP) is 3.48. The molecule has 1 atom stereocenters. The van der Waals surface area contributed by atoms with E-state index in [1.807, 2.05) is 19.2 Å². The van der Waals surface area contributed by atoms with E-state index in [-0.39, 0.29) is 24.0 Å². The van der Waals surface area contributed by atoms with Crippen molar-refractivity contribution in [3.8, 4) is 5.75 Å². The third-order valence-corrected chi connectivity index (χ3v) is 5.60. The lowest BCUT2D eigenvalue weighted by atomic mass is 10.1. The van der Waals surface area contributed by atoms with E-state index < -0.39 is 0 Å². The van der Waals surface area contributed by atoms with Crippen LogP contribution in [0.2, 0.25) is 0 Å². The van der Waals surface area contributed by atoms with Gasteiger partial charge in [0.05, 0.1) is 25.9 Å². The maximum absolute atomic E-state index is 6.12. The molecule has 0 radical (unpaired) electrons. The summed E-state index contributed by atoms with van der Waals surface area (Å²) in [6, 6.07) is 8.24. The zero-order valence-corrected chi connectivity index (χ0v) is 20.1. The van der Waals surface area contributed by atoms with Crippen LogP contribution in [-0.4, -0.2) is 70.1 Å². The van der Waals surface area contributed by atoms with Crippen molar-refractivity contribution in [2.45, 2.75) is 50.7 Å². The minimum atomic E-state index is 0. The topological polar surface area (TPSA) is 55.3 Å². The minimum absolute atomic E-state index is 0. The van der Waals surface area contributed by atoms with E-state index in [4.69, 9.17) is 14.2 Å². The number of benzene rings is 1. The van der Waals surface area contributed by atoms with Gasteiger partial charge in [-0.05, 0) is 56.2 Å². The summed E-state index contributed by atoms with van der Waals surface area (Å²) in [5.41, 5.74) is 1.29.